The van der Waals surface area contributed by atoms with E-state index in [1.165, 1.54) is 0 Å². The highest BCUT2D eigenvalue weighted by Crippen LogP contribution is 2.11. The molecule has 0 amide bonds. The summed E-state index contributed by atoms with van der Waals surface area (Å²) in [6.07, 6.45) is 5.30. The molecule has 1 rings (SSSR count). The van der Waals surface area contributed by atoms with Gasteiger partial charge in [-0.1, -0.05) is 47.6 Å². The zero-order chi connectivity index (χ0) is 14.3. The maximum Gasteiger partial charge on any atom is 0.325 e. The highest BCUT2D eigenvalue weighted by molar-refractivity contribution is 7.85. The Balaban J connectivity index is 3.15. The van der Waals surface area contributed by atoms with E-state index in [9.17, 15) is 8.42 Å². The second-order valence-electron chi connectivity index (χ2n) is 4.00. The van der Waals surface area contributed by atoms with E-state index < -0.39 is 10.1 Å². The van der Waals surface area contributed by atoms with Crippen LogP contribution in [0, 0.1) is 0 Å². The molecule has 5 heteroatoms. The molecule has 0 atom stereocenters. The van der Waals surface area contributed by atoms with Gasteiger partial charge >= 0.3 is 10.1 Å². The number of hydrogen-bond donors (Lipinski definition) is 0. The first kappa shape index (κ1) is 15.2. The molecule has 0 N–H and O–H groups in total. The summed E-state index contributed by atoms with van der Waals surface area (Å²) in [6.45, 7) is 5.49. The van der Waals surface area contributed by atoms with Gasteiger partial charge in [-0.15, -0.1) is 6.58 Å². The van der Waals surface area contributed by atoms with Gasteiger partial charge < -0.3 is 0 Å². The third-order valence-electron chi connectivity index (χ3n) is 2.28. The quantitative estimate of drug-likeness (QED) is 0.457. The zero-order valence-electron chi connectivity index (χ0n) is 11.0. The van der Waals surface area contributed by atoms with Crippen LogP contribution in [0.2, 0.25) is 0 Å². The van der Waals surface area contributed by atoms with Gasteiger partial charge in [0.15, 0.2) is 0 Å². The summed E-state index contributed by atoms with van der Waals surface area (Å²) in [5, 5.41) is 3.74. The van der Waals surface area contributed by atoms with Crippen molar-refractivity contribution in [3.8, 4) is 0 Å². The van der Waals surface area contributed by atoms with Crippen LogP contribution in [0.1, 0.15) is 18.9 Å². The monoisotopic (exact) mass is 279 g/mol. The maximum atomic E-state index is 11.0. The Morgan fingerprint density at radius 2 is 2.00 bits per heavy atom. The van der Waals surface area contributed by atoms with E-state index in [-0.39, 0.29) is 0 Å². The first-order chi connectivity index (χ1) is 8.94. The Bertz CT molecular complexity index is 586. The fourth-order valence-electron chi connectivity index (χ4n) is 1.41. The first-order valence-electron chi connectivity index (χ1n) is 5.74. The van der Waals surface area contributed by atoms with Crippen molar-refractivity contribution in [3.05, 3.63) is 60.2 Å². The summed E-state index contributed by atoms with van der Waals surface area (Å²) in [4.78, 5) is 0. The highest BCUT2D eigenvalue weighted by Gasteiger charge is 2.08. The van der Waals surface area contributed by atoms with E-state index in [1.54, 1.807) is 6.08 Å². The molecule has 0 saturated carbocycles. The molecule has 0 heterocycles. The van der Waals surface area contributed by atoms with Crippen molar-refractivity contribution in [3.63, 3.8) is 0 Å². The van der Waals surface area contributed by atoms with Crippen LogP contribution in [0.15, 0.2) is 59.8 Å². The van der Waals surface area contributed by atoms with Crippen molar-refractivity contribution in [2.45, 2.75) is 13.3 Å². The van der Waals surface area contributed by atoms with Gasteiger partial charge in [0.05, 0.1) is 6.26 Å². The van der Waals surface area contributed by atoms with Gasteiger partial charge in [-0.2, -0.15) is 8.42 Å². The fourth-order valence-corrected chi connectivity index (χ4v) is 1.62. The minimum absolute atomic E-state index is 0.493. The lowest BCUT2D eigenvalue weighted by Crippen LogP contribution is -2.06. The molecule has 102 valence electrons. The van der Waals surface area contributed by atoms with E-state index >= 15 is 0 Å². The average molecular weight is 279 g/mol. The lowest BCUT2D eigenvalue weighted by atomic mass is 10.0. The number of oxime groups is 1. The normalized spacial score (nSPS) is 13.2. The van der Waals surface area contributed by atoms with Crippen LogP contribution in [-0.4, -0.2) is 20.4 Å². The summed E-state index contributed by atoms with van der Waals surface area (Å²) < 4.78 is 26.6. The Morgan fingerprint density at radius 1 is 1.37 bits per heavy atom. The Hall–Kier alpha value is -1.88. The first-order valence-corrected chi connectivity index (χ1v) is 7.56. The molecular formula is C14H17NO3S. The standard InChI is InChI=1S/C14H17NO3S/c1-4-5-9-12(2)14(15-18-19(3,16)17)13-10-7-6-8-11-13/h4,6-11H,1,5H2,2-3H3/b12-9-,15-14+. The molecule has 0 radical (unpaired) electrons. The lowest BCUT2D eigenvalue weighted by molar-refractivity contribution is 0.343. The molecular weight excluding hydrogens is 262 g/mol. The highest BCUT2D eigenvalue weighted by atomic mass is 32.2. The summed E-state index contributed by atoms with van der Waals surface area (Å²) in [5.74, 6) is 0. The van der Waals surface area contributed by atoms with Crippen LogP contribution in [0.25, 0.3) is 0 Å². The van der Waals surface area contributed by atoms with Crippen LogP contribution in [-0.2, 0) is 14.4 Å². The number of nitrogens with zero attached hydrogens (tertiary/aromatic N) is 1. The predicted octanol–water partition coefficient (Wildman–Crippen LogP) is 2.89. The molecule has 19 heavy (non-hydrogen) atoms. The molecule has 4 nitrogen and oxygen atoms in total. The van der Waals surface area contributed by atoms with Crippen molar-refractivity contribution < 1.29 is 12.7 Å². The molecule has 1 aromatic rings. The Labute approximate surface area is 114 Å². The van der Waals surface area contributed by atoms with Crippen LogP contribution in [0.5, 0.6) is 0 Å². The molecule has 0 aliphatic carbocycles. The van der Waals surface area contributed by atoms with Crippen molar-refractivity contribution in [2.24, 2.45) is 5.16 Å². The SMILES string of the molecule is C=CC/C=C(C)\C(=N/OS(C)(=O)=O)c1ccccc1. The van der Waals surface area contributed by atoms with Gasteiger partial charge in [0.25, 0.3) is 0 Å². The van der Waals surface area contributed by atoms with Gasteiger partial charge in [0, 0.05) is 5.56 Å². The van der Waals surface area contributed by atoms with Crippen molar-refractivity contribution in [1.29, 1.82) is 0 Å². The molecule has 1 aromatic carbocycles. The topological polar surface area (TPSA) is 55.7 Å². The molecule has 0 unspecified atom stereocenters. The summed E-state index contributed by atoms with van der Waals surface area (Å²) >= 11 is 0. The molecule has 0 spiro atoms. The fraction of sp³-hybridized carbons (Fsp3) is 0.214. The minimum Gasteiger partial charge on any atom is -0.268 e. The van der Waals surface area contributed by atoms with Gasteiger partial charge in [0.1, 0.15) is 5.71 Å². The lowest BCUT2D eigenvalue weighted by Gasteiger charge is -2.06. The van der Waals surface area contributed by atoms with E-state index in [0.717, 1.165) is 17.4 Å². The van der Waals surface area contributed by atoms with E-state index in [4.69, 9.17) is 0 Å². The molecule has 0 saturated heterocycles. The predicted molar refractivity (Wildman–Crippen MR) is 77.5 cm³/mol. The molecule has 0 aromatic heterocycles. The van der Waals surface area contributed by atoms with Gasteiger partial charge in [-0.25, -0.2) is 0 Å². The van der Waals surface area contributed by atoms with Crippen molar-refractivity contribution >= 4 is 15.8 Å². The molecule has 0 fully saturated rings. The van der Waals surface area contributed by atoms with E-state index in [0.29, 0.717) is 12.1 Å². The Morgan fingerprint density at radius 3 is 2.53 bits per heavy atom. The second kappa shape index (κ2) is 6.89. The third-order valence-corrected chi connectivity index (χ3v) is 2.62. The number of benzene rings is 1. The minimum atomic E-state index is -3.62. The summed E-state index contributed by atoms with van der Waals surface area (Å²) in [6, 6.07) is 9.27. The van der Waals surface area contributed by atoms with Gasteiger partial charge in [-0.3, -0.25) is 4.28 Å². The van der Waals surface area contributed by atoms with Gasteiger partial charge in [-0.05, 0) is 18.9 Å². The van der Waals surface area contributed by atoms with Crippen LogP contribution < -0.4 is 0 Å². The van der Waals surface area contributed by atoms with Crippen LogP contribution in [0.4, 0.5) is 0 Å². The summed E-state index contributed by atoms with van der Waals surface area (Å²) in [7, 11) is -3.62. The molecule has 0 aliphatic rings. The second-order valence-corrected chi connectivity index (χ2v) is 5.55. The molecule has 0 aliphatic heterocycles. The number of hydrogen-bond acceptors (Lipinski definition) is 4. The Kier molecular flexibility index (Phi) is 5.51. The van der Waals surface area contributed by atoms with Crippen molar-refractivity contribution in [1.82, 2.24) is 0 Å². The van der Waals surface area contributed by atoms with Crippen molar-refractivity contribution in [2.75, 3.05) is 6.26 Å². The van der Waals surface area contributed by atoms with E-state index in [2.05, 4.69) is 16.0 Å². The largest absolute Gasteiger partial charge is 0.325 e. The van der Waals surface area contributed by atoms with Gasteiger partial charge in [0.2, 0.25) is 0 Å². The summed E-state index contributed by atoms with van der Waals surface area (Å²) in [5.41, 5.74) is 2.12. The third kappa shape index (κ3) is 5.52. The maximum absolute atomic E-state index is 11.0. The van der Waals surface area contributed by atoms with E-state index in [1.807, 2.05) is 43.3 Å². The number of allylic oxidation sites excluding steroid dienone is 3. The molecule has 0 bridgehead atoms. The van der Waals surface area contributed by atoms with Crippen LogP contribution >= 0.6 is 0 Å². The van der Waals surface area contributed by atoms with Crippen LogP contribution in [0.3, 0.4) is 0 Å². The smallest absolute Gasteiger partial charge is 0.268 e. The average Bonchev–Trinajstić information content (AvgIpc) is 2.36. The zero-order valence-corrected chi connectivity index (χ0v) is 11.9. The number of rotatable bonds is 6.